The van der Waals surface area contributed by atoms with Crippen molar-refractivity contribution in [2.75, 3.05) is 17.4 Å². The Balaban J connectivity index is 2.70. The summed E-state index contributed by atoms with van der Waals surface area (Å²) in [5.41, 5.74) is 0.855. The predicted molar refractivity (Wildman–Crippen MR) is 56.5 cm³/mol. The molecule has 0 radical (unpaired) electrons. The molecule has 2 N–H and O–H groups in total. The molecular formula is C8H9N2O5S-. The van der Waals surface area contributed by atoms with Crippen LogP contribution < -0.4 is 10.4 Å². The van der Waals surface area contributed by atoms with Crippen LogP contribution in [0.1, 0.15) is 0 Å². The van der Waals surface area contributed by atoms with Gasteiger partial charge in [-0.25, -0.2) is 14.1 Å². The molecule has 0 bridgehead atoms. The van der Waals surface area contributed by atoms with E-state index in [0.29, 0.717) is 11.4 Å². The molecule has 0 fully saturated rings. The maximum Gasteiger partial charge on any atom is 0.409 e. The van der Waals surface area contributed by atoms with Crippen molar-refractivity contribution in [2.45, 2.75) is 0 Å². The third-order valence-electron chi connectivity index (χ3n) is 1.65. The molecular weight excluding hydrogens is 236 g/mol. The number of rotatable bonds is 4. The van der Waals surface area contributed by atoms with E-state index < -0.39 is 17.5 Å². The van der Waals surface area contributed by atoms with Crippen LogP contribution in [-0.4, -0.2) is 27.0 Å². The highest BCUT2D eigenvalue weighted by atomic mass is 32.2. The molecule has 1 atom stereocenters. The minimum atomic E-state index is -2.64. The van der Waals surface area contributed by atoms with Crippen LogP contribution in [-0.2, 0) is 15.6 Å². The molecule has 0 aliphatic heterocycles. The largest absolute Gasteiger partial charge is 0.748 e. The number of hydrogen-bond donors (Lipinski definition) is 2. The van der Waals surface area contributed by atoms with E-state index in [1.165, 1.54) is 31.3 Å². The topological polar surface area (TPSA) is 102 Å². The Bertz CT molecular complexity index is 394. The van der Waals surface area contributed by atoms with E-state index in [-0.39, 0.29) is 0 Å². The maximum atomic E-state index is 10.3. The van der Waals surface area contributed by atoms with Crippen molar-refractivity contribution in [3.8, 4) is 0 Å². The van der Waals surface area contributed by atoms with Crippen LogP contribution in [0.25, 0.3) is 0 Å². The molecule has 1 rings (SSSR count). The van der Waals surface area contributed by atoms with Crippen LogP contribution in [0.3, 0.4) is 0 Å². The fourth-order valence-corrected chi connectivity index (χ4v) is 1.28. The number of hydroxylamine groups is 1. The summed E-state index contributed by atoms with van der Waals surface area (Å²) in [7, 11) is 1.41. The van der Waals surface area contributed by atoms with Crippen LogP contribution >= 0.6 is 0 Å². The summed E-state index contributed by atoms with van der Waals surface area (Å²) in [5, 5.41) is 11.6. The van der Waals surface area contributed by atoms with Gasteiger partial charge >= 0.3 is 6.09 Å². The van der Waals surface area contributed by atoms with Gasteiger partial charge in [0, 0.05) is 12.7 Å². The third-order valence-corrected chi connectivity index (χ3v) is 2.00. The SMILES string of the molecule is CN(OS(=O)[O-])c1ccc(NC(=O)O)cc1. The van der Waals surface area contributed by atoms with Gasteiger partial charge in [0.2, 0.25) is 0 Å². The zero-order chi connectivity index (χ0) is 12.1. The van der Waals surface area contributed by atoms with Gasteiger partial charge in [0.05, 0.1) is 5.69 Å². The lowest BCUT2D eigenvalue weighted by atomic mass is 10.3. The molecule has 7 nitrogen and oxygen atoms in total. The first-order valence-electron chi connectivity index (χ1n) is 4.10. The van der Waals surface area contributed by atoms with Crippen molar-refractivity contribution >= 4 is 28.8 Å². The summed E-state index contributed by atoms with van der Waals surface area (Å²) >= 11 is -2.64. The summed E-state index contributed by atoms with van der Waals surface area (Å²) in [6, 6.07) is 5.99. The fourth-order valence-electron chi connectivity index (χ4n) is 1.01. The molecule has 0 saturated carbocycles. The van der Waals surface area contributed by atoms with E-state index in [2.05, 4.69) is 9.60 Å². The zero-order valence-corrected chi connectivity index (χ0v) is 9.06. The van der Waals surface area contributed by atoms with Crippen molar-refractivity contribution in [2.24, 2.45) is 0 Å². The van der Waals surface area contributed by atoms with Crippen molar-refractivity contribution in [3.63, 3.8) is 0 Å². The van der Waals surface area contributed by atoms with Crippen LogP contribution in [0.5, 0.6) is 0 Å². The normalized spacial score (nSPS) is 11.9. The summed E-state index contributed by atoms with van der Waals surface area (Å²) < 4.78 is 24.9. The quantitative estimate of drug-likeness (QED) is 0.604. The highest BCUT2D eigenvalue weighted by Crippen LogP contribution is 2.17. The summed E-state index contributed by atoms with van der Waals surface area (Å²) in [5.74, 6) is 0. The second-order valence-corrected chi connectivity index (χ2v) is 3.31. The Morgan fingerprint density at radius 3 is 2.50 bits per heavy atom. The highest BCUT2D eigenvalue weighted by molar-refractivity contribution is 7.74. The first-order chi connectivity index (χ1) is 7.49. The average molecular weight is 245 g/mol. The number of anilines is 2. The van der Waals surface area contributed by atoms with E-state index in [1.54, 1.807) is 0 Å². The number of nitrogens with zero attached hydrogens (tertiary/aromatic N) is 1. The summed E-state index contributed by atoms with van der Waals surface area (Å²) in [4.78, 5) is 10.3. The average Bonchev–Trinajstić information content (AvgIpc) is 2.16. The number of hydrogen-bond acceptors (Lipinski definition) is 5. The van der Waals surface area contributed by atoms with Gasteiger partial charge in [-0.05, 0) is 24.3 Å². The first kappa shape index (κ1) is 12.4. The number of nitrogens with one attached hydrogen (secondary N) is 1. The Morgan fingerprint density at radius 1 is 1.50 bits per heavy atom. The van der Waals surface area contributed by atoms with Crippen molar-refractivity contribution < 1.29 is 22.9 Å². The smallest absolute Gasteiger partial charge is 0.409 e. The molecule has 8 heteroatoms. The van der Waals surface area contributed by atoms with Crippen LogP contribution in [0, 0.1) is 0 Å². The number of amides is 1. The molecule has 1 aromatic rings. The van der Waals surface area contributed by atoms with Crippen molar-refractivity contribution in [1.29, 1.82) is 0 Å². The van der Waals surface area contributed by atoms with Gasteiger partial charge in [-0.2, -0.15) is 4.28 Å². The van der Waals surface area contributed by atoms with E-state index in [0.717, 1.165) is 5.06 Å². The van der Waals surface area contributed by atoms with Gasteiger partial charge < -0.3 is 9.66 Å². The minimum Gasteiger partial charge on any atom is -0.748 e. The molecule has 1 unspecified atom stereocenters. The monoisotopic (exact) mass is 245 g/mol. The molecule has 1 aromatic carbocycles. The molecule has 16 heavy (non-hydrogen) atoms. The molecule has 0 aliphatic rings. The lowest BCUT2D eigenvalue weighted by Crippen LogP contribution is -2.18. The zero-order valence-electron chi connectivity index (χ0n) is 8.25. The van der Waals surface area contributed by atoms with Crippen LogP contribution in [0.15, 0.2) is 24.3 Å². The highest BCUT2D eigenvalue weighted by Gasteiger charge is 2.02. The van der Waals surface area contributed by atoms with Gasteiger partial charge in [0.1, 0.15) is 11.4 Å². The second kappa shape index (κ2) is 5.45. The van der Waals surface area contributed by atoms with Gasteiger partial charge in [-0.3, -0.25) is 5.32 Å². The number of carboxylic acid groups (broad SMARTS) is 1. The van der Waals surface area contributed by atoms with E-state index in [4.69, 9.17) is 5.11 Å². The van der Waals surface area contributed by atoms with Crippen molar-refractivity contribution in [3.05, 3.63) is 24.3 Å². The van der Waals surface area contributed by atoms with E-state index >= 15 is 0 Å². The molecule has 1 amide bonds. The van der Waals surface area contributed by atoms with E-state index in [9.17, 15) is 13.6 Å². The summed E-state index contributed by atoms with van der Waals surface area (Å²) in [6.07, 6.45) is -1.17. The van der Waals surface area contributed by atoms with Crippen LogP contribution in [0.4, 0.5) is 16.2 Å². The Morgan fingerprint density at radius 2 is 2.06 bits per heavy atom. The molecule has 0 spiro atoms. The molecule has 0 aromatic heterocycles. The maximum absolute atomic E-state index is 10.3. The Kier molecular flexibility index (Phi) is 4.23. The predicted octanol–water partition coefficient (Wildman–Crippen LogP) is 0.938. The summed E-state index contributed by atoms with van der Waals surface area (Å²) in [6.45, 7) is 0. The standard InChI is InChI=1S/C8H10N2O5S/c1-10(15-16(13)14)7-4-2-6(3-5-7)9-8(11)12/h2-5,9H,1H3,(H,11,12)(H,13,14)/p-1. The molecule has 0 heterocycles. The molecule has 0 saturated heterocycles. The van der Waals surface area contributed by atoms with E-state index in [1.807, 2.05) is 0 Å². The van der Waals surface area contributed by atoms with Crippen molar-refractivity contribution in [1.82, 2.24) is 0 Å². The minimum absolute atomic E-state index is 0.382. The first-order valence-corrected chi connectivity index (χ1v) is 5.10. The van der Waals surface area contributed by atoms with Gasteiger partial charge in [-0.15, -0.1) is 0 Å². The van der Waals surface area contributed by atoms with Gasteiger partial charge in [0.15, 0.2) is 0 Å². The lowest BCUT2D eigenvalue weighted by Gasteiger charge is -2.19. The Hall–Kier alpha value is -1.64. The number of benzene rings is 1. The Labute approximate surface area is 94.1 Å². The second-order valence-electron chi connectivity index (χ2n) is 2.75. The van der Waals surface area contributed by atoms with Gasteiger partial charge in [0.25, 0.3) is 0 Å². The fraction of sp³-hybridized carbons (Fsp3) is 0.125. The lowest BCUT2D eigenvalue weighted by molar-refractivity contribution is 0.209. The van der Waals surface area contributed by atoms with Gasteiger partial charge in [-0.1, -0.05) is 0 Å². The number of carbonyl (C=O) groups is 1. The van der Waals surface area contributed by atoms with Crippen LogP contribution in [0.2, 0.25) is 0 Å². The molecule has 88 valence electrons. The third kappa shape index (κ3) is 3.85. The molecule has 0 aliphatic carbocycles.